The predicted octanol–water partition coefficient (Wildman–Crippen LogP) is 1.85. The summed E-state index contributed by atoms with van der Waals surface area (Å²) in [5, 5.41) is 0. The summed E-state index contributed by atoms with van der Waals surface area (Å²) in [5.74, 6) is 0. The highest BCUT2D eigenvalue weighted by atomic mass is 127. The van der Waals surface area contributed by atoms with Crippen molar-refractivity contribution in [3.05, 3.63) is 0 Å². The summed E-state index contributed by atoms with van der Waals surface area (Å²) in [6.45, 7) is 5.13. The Balaban J connectivity index is 2.49. The Morgan fingerprint density at radius 1 is 1.20 bits per heavy atom. The van der Waals surface area contributed by atoms with Gasteiger partial charge in [-0.1, -0.05) is 22.6 Å². The Hall–Kier alpha value is 0.787. The van der Waals surface area contributed by atoms with Crippen LogP contribution in [0.2, 0.25) is 6.04 Å². The van der Waals surface area contributed by atoms with Crippen LogP contribution < -0.4 is 0 Å². The van der Waals surface area contributed by atoms with Crippen LogP contribution in [0.15, 0.2) is 0 Å². The molecule has 0 aromatic rings. The molecule has 1 saturated heterocycles. The van der Waals surface area contributed by atoms with Crippen LogP contribution in [0.3, 0.4) is 0 Å². The van der Waals surface area contributed by atoms with Crippen LogP contribution >= 0.6 is 22.6 Å². The summed E-state index contributed by atoms with van der Waals surface area (Å²) in [4.78, 5) is 0. The Bertz CT molecular complexity index is 157. The summed E-state index contributed by atoms with van der Waals surface area (Å²) in [6.07, 6.45) is 1.09. The van der Waals surface area contributed by atoms with E-state index in [2.05, 4.69) is 22.6 Å². The summed E-state index contributed by atoms with van der Waals surface area (Å²) in [7, 11) is -2.37. The first-order valence-electron chi connectivity index (χ1n) is 5.38. The van der Waals surface area contributed by atoms with Crippen LogP contribution in [-0.2, 0) is 18.0 Å². The first-order chi connectivity index (χ1) is 7.33. The lowest BCUT2D eigenvalue weighted by molar-refractivity contribution is -0.0149. The number of alkyl halides is 1. The van der Waals surface area contributed by atoms with Crippen molar-refractivity contribution in [3.8, 4) is 0 Å². The largest absolute Gasteiger partial charge is 0.501 e. The van der Waals surface area contributed by atoms with Gasteiger partial charge in [-0.3, -0.25) is 0 Å². The molecule has 1 heterocycles. The van der Waals surface area contributed by atoms with Crippen molar-refractivity contribution in [1.82, 2.24) is 0 Å². The van der Waals surface area contributed by atoms with Crippen molar-refractivity contribution >= 4 is 31.4 Å². The molecule has 1 aliphatic rings. The lowest BCUT2D eigenvalue weighted by Gasteiger charge is -2.30. The van der Waals surface area contributed by atoms with Gasteiger partial charge in [0, 0.05) is 12.7 Å². The van der Waals surface area contributed by atoms with Gasteiger partial charge in [-0.25, -0.2) is 0 Å². The Kier molecular flexibility index (Phi) is 7.35. The number of halogens is 1. The van der Waals surface area contributed by atoms with Crippen molar-refractivity contribution < 1.29 is 18.0 Å². The van der Waals surface area contributed by atoms with E-state index in [-0.39, 0.29) is 0 Å². The Morgan fingerprint density at radius 2 is 1.87 bits per heavy atom. The van der Waals surface area contributed by atoms with Gasteiger partial charge in [0.25, 0.3) is 0 Å². The maximum Gasteiger partial charge on any atom is 0.501 e. The molecule has 15 heavy (non-hydrogen) atoms. The molecule has 0 N–H and O–H groups in total. The van der Waals surface area contributed by atoms with Gasteiger partial charge in [0.2, 0.25) is 0 Å². The molecule has 0 spiro atoms. The van der Waals surface area contributed by atoms with Crippen LogP contribution in [0.1, 0.15) is 13.3 Å². The number of rotatable bonds is 5. The maximum atomic E-state index is 5.78. The lowest BCUT2D eigenvalue weighted by atomic mass is 10.6. The second-order valence-corrected chi connectivity index (χ2v) is 7.03. The smallest absolute Gasteiger partial charge is 0.377 e. The molecule has 0 amide bonds. The molecule has 1 aliphatic heterocycles. The SMILES string of the molecule is CCO[Si]1(CCCI)OCCOCCO1. The minimum Gasteiger partial charge on any atom is -0.377 e. The van der Waals surface area contributed by atoms with Gasteiger partial charge in [-0.2, -0.15) is 0 Å². The summed E-state index contributed by atoms with van der Waals surface area (Å²) in [5.41, 5.74) is 0. The van der Waals surface area contributed by atoms with Crippen molar-refractivity contribution in [2.24, 2.45) is 0 Å². The minimum atomic E-state index is -2.37. The van der Waals surface area contributed by atoms with Crippen molar-refractivity contribution in [2.45, 2.75) is 19.4 Å². The van der Waals surface area contributed by atoms with E-state index in [9.17, 15) is 0 Å². The standard InChI is InChI=1S/C9H19IO4Si/c1-2-12-15(9-3-4-10)13-7-5-11-6-8-14-15/h2-9H2,1H3. The monoisotopic (exact) mass is 346 g/mol. The topological polar surface area (TPSA) is 36.9 Å². The molecular weight excluding hydrogens is 327 g/mol. The van der Waals surface area contributed by atoms with E-state index < -0.39 is 8.80 Å². The normalized spacial score (nSPS) is 22.0. The second kappa shape index (κ2) is 7.96. The third-order valence-electron chi connectivity index (χ3n) is 2.08. The zero-order valence-electron chi connectivity index (χ0n) is 9.17. The van der Waals surface area contributed by atoms with E-state index in [0.29, 0.717) is 33.0 Å². The van der Waals surface area contributed by atoms with Crippen molar-refractivity contribution in [2.75, 3.05) is 37.5 Å². The van der Waals surface area contributed by atoms with E-state index in [1.54, 1.807) is 0 Å². The fraction of sp³-hybridized carbons (Fsp3) is 1.00. The highest BCUT2D eigenvalue weighted by Crippen LogP contribution is 2.19. The summed E-state index contributed by atoms with van der Waals surface area (Å²) < 4.78 is 23.7. The van der Waals surface area contributed by atoms with Crippen LogP contribution in [0.5, 0.6) is 0 Å². The van der Waals surface area contributed by atoms with Crippen molar-refractivity contribution in [1.29, 1.82) is 0 Å². The molecule has 0 atom stereocenters. The number of hydrogen-bond acceptors (Lipinski definition) is 4. The summed E-state index contributed by atoms with van der Waals surface area (Å²) >= 11 is 2.37. The molecular formula is C9H19IO4Si. The van der Waals surface area contributed by atoms with Crippen LogP contribution in [-0.4, -0.2) is 46.3 Å². The molecule has 90 valence electrons. The van der Waals surface area contributed by atoms with Gasteiger partial charge < -0.3 is 18.0 Å². The quantitative estimate of drug-likeness (QED) is 0.433. The van der Waals surface area contributed by atoms with E-state index in [0.717, 1.165) is 16.9 Å². The first-order valence-corrected chi connectivity index (χ1v) is 8.84. The van der Waals surface area contributed by atoms with Gasteiger partial charge in [-0.05, 0) is 17.8 Å². The lowest BCUT2D eigenvalue weighted by Crippen LogP contribution is -2.48. The summed E-state index contributed by atoms with van der Waals surface area (Å²) in [6, 6.07) is 0.920. The van der Waals surface area contributed by atoms with E-state index in [1.807, 2.05) is 6.92 Å². The number of ether oxygens (including phenoxy) is 1. The number of hydrogen-bond donors (Lipinski definition) is 0. The van der Waals surface area contributed by atoms with Gasteiger partial charge in [0.15, 0.2) is 0 Å². The Morgan fingerprint density at radius 3 is 2.40 bits per heavy atom. The zero-order chi connectivity index (χ0) is 11.0. The molecule has 0 radical (unpaired) electrons. The fourth-order valence-electron chi connectivity index (χ4n) is 1.46. The third-order valence-corrected chi connectivity index (χ3v) is 5.83. The van der Waals surface area contributed by atoms with Gasteiger partial charge in [-0.15, -0.1) is 0 Å². The molecule has 0 aromatic carbocycles. The molecule has 0 saturated carbocycles. The van der Waals surface area contributed by atoms with E-state index in [1.165, 1.54) is 0 Å². The average Bonchev–Trinajstić information content (AvgIpc) is 2.21. The first kappa shape index (κ1) is 13.9. The van der Waals surface area contributed by atoms with Gasteiger partial charge in [0.1, 0.15) is 0 Å². The maximum absolute atomic E-state index is 5.78. The molecule has 0 unspecified atom stereocenters. The van der Waals surface area contributed by atoms with Crippen molar-refractivity contribution in [3.63, 3.8) is 0 Å². The van der Waals surface area contributed by atoms with E-state index >= 15 is 0 Å². The highest BCUT2D eigenvalue weighted by molar-refractivity contribution is 14.1. The molecule has 4 nitrogen and oxygen atoms in total. The zero-order valence-corrected chi connectivity index (χ0v) is 12.3. The average molecular weight is 346 g/mol. The minimum absolute atomic E-state index is 0.591. The third kappa shape index (κ3) is 5.09. The highest BCUT2D eigenvalue weighted by Gasteiger charge is 2.40. The molecule has 1 rings (SSSR count). The van der Waals surface area contributed by atoms with Crippen LogP contribution in [0.4, 0.5) is 0 Å². The van der Waals surface area contributed by atoms with Crippen LogP contribution in [0.25, 0.3) is 0 Å². The second-order valence-electron chi connectivity index (χ2n) is 3.22. The fourth-order valence-corrected chi connectivity index (χ4v) is 5.08. The predicted molar refractivity (Wildman–Crippen MR) is 68.4 cm³/mol. The van der Waals surface area contributed by atoms with E-state index in [4.69, 9.17) is 18.0 Å². The molecule has 0 bridgehead atoms. The van der Waals surface area contributed by atoms with Crippen LogP contribution in [0, 0.1) is 0 Å². The van der Waals surface area contributed by atoms with Gasteiger partial charge >= 0.3 is 8.80 Å². The van der Waals surface area contributed by atoms with Gasteiger partial charge in [0.05, 0.1) is 26.4 Å². The molecule has 0 aromatic heterocycles. The Labute approximate surface area is 106 Å². The molecule has 1 fully saturated rings. The molecule has 6 heteroatoms. The molecule has 0 aliphatic carbocycles.